The first-order valence-electron chi connectivity index (χ1n) is 7.46. The summed E-state index contributed by atoms with van der Waals surface area (Å²) < 4.78 is 0. The molecule has 1 aliphatic heterocycles. The van der Waals surface area contributed by atoms with Gasteiger partial charge in [-0.05, 0) is 18.2 Å². The summed E-state index contributed by atoms with van der Waals surface area (Å²) in [6.07, 6.45) is 3.70. The van der Waals surface area contributed by atoms with Gasteiger partial charge in [0.05, 0.1) is 17.1 Å². The summed E-state index contributed by atoms with van der Waals surface area (Å²) >= 11 is 0. The number of nitrogens with zero attached hydrogens (tertiary/aromatic N) is 1. The van der Waals surface area contributed by atoms with Crippen LogP contribution in [0.15, 0.2) is 59.7 Å². The van der Waals surface area contributed by atoms with Gasteiger partial charge in [-0.1, -0.05) is 30.3 Å². The van der Waals surface area contributed by atoms with Gasteiger partial charge >= 0.3 is 0 Å². The van der Waals surface area contributed by atoms with E-state index in [4.69, 9.17) is 5.73 Å². The molecule has 5 nitrogen and oxygen atoms in total. The van der Waals surface area contributed by atoms with Gasteiger partial charge in [0.1, 0.15) is 0 Å². The van der Waals surface area contributed by atoms with Crippen molar-refractivity contribution in [3.8, 4) is 0 Å². The molecule has 0 fully saturated rings. The molecule has 0 saturated carbocycles. The summed E-state index contributed by atoms with van der Waals surface area (Å²) in [6.45, 7) is 0.587. The first-order chi connectivity index (χ1) is 11.3. The maximum Gasteiger partial charge on any atom is 0.226 e. The average Bonchev–Trinajstić information content (AvgIpc) is 2.77. The number of para-hydroxylation sites is 2. The zero-order chi connectivity index (χ0) is 16.1. The summed E-state index contributed by atoms with van der Waals surface area (Å²) in [4.78, 5) is 16.1. The van der Waals surface area contributed by atoms with Gasteiger partial charge < -0.3 is 16.4 Å². The Morgan fingerprint density at radius 1 is 1.13 bits per heavy atom. The number of amides is 1. The molecule has 4 N–H and O–H groups in total. The maximum absolute atomic E-state index is 11.7. The topological polar surface area (TPSA) is 79.5 Å². The highest BCUT2D eigenvalue weighted by atomic mass is 16.1. The summed E-state index contributed by atoms with van der Waals surface area (Å²) in [7, 11) is 0. The third-order valence-corrected chi connectivity index (χ3v) is 3.59. The van der Waals surface area contributed by atoms with Crippen LogP contribution in [0.2, 0.25) is 0 Å². The summed E-state index contributed by atoms with van der Waals surface area (Å²) in [5.41, 5.74) is 9.98. The summed E-state index contributed by atoms with van der Waals surface area (Å²) in [5, 5.41) is 6.20. The van der Waals surface area contributed by atoms with Gasteiger partial charge in [0, 0.05) is 36.5 Å². The largest absolute Gasteiger partial charge is 0.404 e. The Bertz CT molecular complexity index is 766. The van der Waals surface area contributed by atoms with E-state index in [-0.39, 0.29) is 5.91 Å². The molecular weight excluding hydrogens is 288 g/mol. The highest BCUT2D eigenvalue weighted by Gasteiger charge is 2.16. The molecule has 2 aromatic rings. The van der Waals surface area contributed by atoms with Crippen LogP contribution in [0.3, 0.4) is 0 Å². The molecule has 1 amide bonds. The first kappa shape index (κ1) is 14.8. The highest BCUT2D eigenvalue weighted by molar-refractivity contribution is 6.14. The van der Waals surface area contributed by atoms with Gasteiger partial charge in [0.25, 0.3) is 0 Å². The number of anilines is 2. The minimum atomic E-state index is 0.00429. The SMILES string of the molecule is NC=C(C=Nc1ccccc1)c1cccc2c1NCCC(=O)N2. The van der Waals surface area contributed by atoms with E-state index in [1.807, 2.05) is 48.5 Å². The van der Waals surface area contributed by atoms with Gasteiger partial charge in [-0.3, -0.25) is 9.79 Å². The van der Waals surface area contributed by atoms with E-state index < -0.39 is 0 Å². The van der Waals surface area contributed by atoms with Crippen molar-refractivity contribution in [2.45, 2.75) is 6.42 Å². The first-order valence-corrected chi connectivity index (χ1v) is 7.46. The van der Waals surface area contributed by atoms with Gasteiger partial charge in [-0.25, -0.2) is 0 Å². The van der Waals surface area contributed by atoms with E-state index in [1.54, 1.807) is 6.21 Å². The molecule has 116 valence electrons. The number of hydrogen-bond donors (Lipinski definition) is 3. The number of fused-ring (bicyclic) bond motifs is 1. The molecule has 0 bridgehead atoms. The van der Waals surface area contributed by atoms with Crippen molar-refractivity contribution in [3.63, 3.8) is 0 Å². The minimum Gasteiger partial charge on any atom is -0.404 e. The fourth-order valence-electron chi connectivity index (χ4n) is 2.46. The van der Waals surface area contributed by atoms with Crippen LogP contribution in [0.25, 0.3) is 5.57 Å². The van der Waals surface area contributed by atoms with Crippen LogP contribution in [0.5, 0.6) is 0 Å². The number of carbonyl (C=O) groups excluding carboxylic acids is 1. The van der Waals surface area contributed by atoms with E-state index in [0.717, 1.165) is 28.2 Å². The number of benzene rings is 2. The lowest BCUT2D eigenvalue weighted by atomic mass is 10.0. The summed E-state index contributed by atoms with van der Waals surface area (Å²) in [5.74, 6) is 0.00429. The smallest absolute Gasteiger partial charge is 0.226 e. The number of hydrogen-bond acceptors (Lipinski definition) is 4. The molecule has 2 aromatic carbocycles. The van der Waals surface area contributed by atoms with E-state index in [0.29, 0.717) is 13.0 Å². The normalized spacial score (nSPS) is 14.8. The third kappa shape index (κ3) is 3.40. The Morgan fingerprint density at radius 2 is 1.96 bits per heavy atom. The second-order valence-corrected chi connectivity index (χ2v) is 5.17. The minimum absolute atomic E-state index is 0.00429. The fourth-order valence-corrected chi connectivity index (χ4v) is 2.46. The van der Waals surface area contributed by atoms with Gasteiger partial charge in [-0.2, -0.15) is 0 Å². The van der Waals surface area contributed by atoms with E-state index in [9.17, 15) is 4.79 Å². The Kier molecular flexibility index (Phi) is 4.38. The lowest BCUT2D eigenvalue weighted by Crippen LogP contribution is -2.10. The lowest BCUT2D eigenvalue weighted by molar-refractivity contribution is -0.115. The van der Waals surface area contributed by atoms with Crippen LogP contribution in [0, 0.1) is 0 Å². The van der Waals surface area contributed by atoms with Crippen molar-refractivity contribution in [2.24, 2.45) is 10.7 Å². The monoisotopic (exact) mass is 306 g/mol. The van der Waals surface area contributed by atoms with Crippen LogP contribution < -0.4 is 16.4 Å². The predicted octanol–water partition coefficient (Wildman–Crippen LogP) is 3.14. The number of allylic oxidation sites excluding steroid dienone is 1. The number of rotatable bonds is 3. The second kappa shape index (κ2) is 6.79. The zero-order valence-electron chi connectivity index (χ0n) is 12.6. The van der Waals surface area contributed by atoms with Crippen molar-refractivity contribution >= 4 is 34.8 Å². The molecule has 23 heavy (non-hydrogen) atoms. The van der Waals surface area contributed by atoms with Crippen molar-refractivity contribution < 1.29 is 4.79 Å². The molecule has 0 unspecified atom stereocenters. The second-order valence-electron chi connectivity index (χ2n) is 5.17. The van der Waals surface area contributed by atoms with Crippen molar-refractivity contribution in [2.75, 3.05) is 17.2 Å². The predicted molar refractivity (Wildman–Crippen MR) is 94.9 cm³/mol. The van der Waals surface area contributed by atoms with Crippen LogP contribution >= 0.6 is 0 Å². The number of aliphatic imine (C=N–C) groups is 1. The van der Waals surface area contributed by atoms with Crippen LogP contribution in [0.1, 0.15) is 12.0 Å². The molecule has 0 radical (unpaired) electrons. The van der Waals surface area contributed by atoms with Crippen LogP contribution in [0.4, 0.5) is 17.1 Å². The Morgan fingerprint density at radius 3 is 2.74 bits per heavy atom. The molecule has 1 heterocycles. The molecule has 1 aliphatic rings. The van der Waals surface area contributed by atoms with E-state index in [2.05, 4.69) is 15.6 Å². The molecule has 0 aromatic heterocycles. The van der Waals surface area contributed by atoms with Crippen molar-refractivity contribution in [3.05, 3.63) is 60.3 Å². The molecular formula is C18H18N4O. The molecule has 0 atom stereocenters. The summed E-state index contributed by atoms with van der Waals surface area (Å²) in [6, 6.07) is 15.4. The highest BCUT2D eigenvalue weighted by Crippen LogP contribution is 2.32. The van der Waals surface area contributed by atoms with E-state index >= 15 is 0 Å². The standard InChI is InChI=1S/C18H18N4O/c19-11-13(12-21-14-5-2-1-3-6-14)15-7-4-8-16-18(15)20-10-9-17(23)22-16/h1-8,11-12,20H,9-10,19H2,(H,22,23). The van der Waals surface area contributed by atoms with Gasteiger partial charge in [0.15, 0.2) is 0 Å². The zero-order valence-corrected chi connectivity index (χ0v) is 12.6. The van der Waals surface area contributed by atoms with Gasteiger partial charge in [0.2, 0.25) is 5.91 Å². The fraction of sp³-hybridized carbons (Fsp3) is 0.111. The number of nitrogens with one attached hydrogen (secondary N) is 2. The Hall–Kier alpha value is -3.08. The maximum atomic E-state index is 11.7. The number of carbonyl (C=O) groups is 1. The number of nitrogens with two attached hydrogens (primary N) is 1. The Labute approximate surface area is 134 Å². The van der Waals surface area contributed by atoms with Crippen LogP contribution in [-0.4, -0.2) is 18.7 Å². The Balaban J connectivity index is 1.95. The molecule has 0 saturated heterocycles. The molecule has 3 rings (SSSR count). The third-order valence-electron chi connectivity index (χ3n) is 3.59. The quantitative estimate of drug-likeness (QED) is 0.762. The molecule has 0 aliphatic carbocycles. The molecule has 0 spiro atoms. The van der Waals surface area contributed by atoms with Crippen molar-refractivity contribution in [1.82, 2.24) is 0 Å². The van der Waals surface area contributed by atoms with Gasteiger partial charge in [-0.15, -0.1) is 0 Å². The van der Waals surface area contributed by atoms with E-state index in [1.165, 1.54) is 6.20 Å². The van der Waals surface area contributed by atoms with Crippen molar-refractivity contribution in [1.29, 1.82) is 0 Å². The molecule has 5 heteroatoms. The average molecular weight is 306 g/mol. The lowest BCUT2D eigenvalue weighted by Gasteiger charge is -2.13. The van der Waals surface area contributed by atoms with Crippen LogP contribution in [-0.2, 0) is 4.79 Å².